The summed E-state index contributed by atoms with van der Waals surface area (Å²) >= 11 is 0. The van der Waals surface area contributed by atoms with E-state index in [0.717, 1.165) is 4.68 Å². The molecular weight excluding hydrogens is 508 g/mol. The Bertz CT molecular complexity index is 1690. The molecule has 0 bridgehead atoms. The molecule has 4 aromatic rings. The minimum atomic E-state index is -2.69. The van der Waals surface area contributed by atoms with Crippen molar-refractivity contribution in [3.63, 3.8) is 0 Å². The van der Waals surface area contributed by atoms with E-state index >= 15 is 0 Å². The number of nitrogens with zero attached hydrogens (tertiary/aromatic N) is 6. The zero-order valence-corrected chi connectivity index (χ0v) is 20.7. The number of halogens is 2. The Labute approximate surface area is 221 Å². The van der Waals surface area contributed by atoms with Crippen LogP contribution in [0.4, 0.5) is 8.78 Å². The molecule has 1 amide bonds. The molecule has 0 unspecified atom stereocenters. The number of aromatic nitrogens is 4. The van der Waals surface area contributed by atoms with Crippen molar-refractivity contribution in [2.75, 3.05) is 19.7 Å². The summed E-state index contributed by atoms with van der Waals surface area (Å²) in [4.78, 5) is 35.4. The van der Waals surface area contributed by atoms with Gasteiger partial charge in [-0.1, -0.05) is 18.2 Å². The predicted octanol–water partition coefficient (Wildman–Crippen LogP) is 3.14. The highest BCUT2D eigenvalue weighted by molar-refractivity contribution is 5.85. The van der Waals surface area contributed by atoms with Crippen molar-refractivity contribution in [2.24, 2.45) is 5.92 Å². The minimum absolute atomic E-state index is 0.0118. The second-order valence-electron chi connectivity index (χ2n) is 9.28. The lowest BCUT2D eigenvalue weighted by atomic mass is 9.99. The van der Waals surface area contributed by atoms with Crippen LogP contribution in [0.1, 0.15) is 29.9 Å². The van der Waals surface area contributed by atoms with Crippen LogP contribution >= 0.6 is 0 Å². The van der Waals surface area contributed by atoms with Crippen LogP contribution in [0.5, 0.6) is 5.75 Å². The third-order valence-corrected chi connectivity index (χ3v) is 6.71. The molecular formula is C27H23F2N7O3. The first-order valence-corrected chi connectivity index (χ1v) is 12.4. The molecule has 0 atom stereocenters. The van der Waals surface area contributed by atoms with E-state index in [-0.39, 0.29) is 36.1 Å². The lowest BCUT2D eigenvalue weighted by Gasteiger charge is -2.29. The number of nitriles is 2. The smallest absolute Gasteiger partial charge is 0.275 e. The molecule has 39 heavy (non-hydrogen) atoms. The van der Waals surface area contributed by atoms with Crippen molar-refractivity contribution < 1.29 is 18.3 Å². The number of alkyl halides is 2. The van der Waals surface area contributed by atoms with E-state index in [1.165, 1.54) is 12.1 Å². The van der Waals surface area contributed by atoms with Crippen molar-refractivity contribution in [1.82, 2.24) is 24.6 Å². The molecule has 0 spiro atoms. The molecule has 1 aliphatic heterocycles. The highest BCUT2D eigenvalue weighted by atomic mass is 19.3. The molecule has 198 valence electrons. The fraction of sp³-hybridized carbons (Fsp3) is 0.333. The van der Waals surface area contributed by atoms with Gasteiger partial charge in [-0.2, -0.15) is 15.6 Å². The van der Waals surface area contributed by atoms with Crippen LogP contribution in [0, 0.1) is 28.6 Å². The number of likely N-dealkylation sites (tertiary alicyclic amines) is 1. The van der Waals surface area contributed by atoms with Gasteiger partial charge in [0.2, 0.25) is 5.91 Å². The van der Waals surface area contributed by atoms with E-state index in [2.05, 4.69) is 21.1 Å². The normalized spacial score (nSPS) is 14.0. The highest BCUT2D eigenvalue weighted by Crippen LogP contribution is 2.26. The van der Waals surface area contributed by atoms with E-state index in [9.17, 15) is 23.6 Å². The number of hydrogen-bond donors (Lipinski definition) is 1. The summed E-state index contributed by atoms with van der Waals surface area (Å²) < 4.78 is 31.5. The number of amides is 1. The fourth-order valence-corrected chi connectivity index (χ4v) is 4.72. The SMILES string of the molecule is N#Cc1cc2[nH]c(Cc3nn(CC(=O)N4CCC(C#N)CC4)c(=O)c4ccccc34)nc2cc1OCC(F)F. The van der Waals surface area contributed by atoms with Gasteiger partial charge in [0, 0.05) is 30.5 Å². The van der Waals surface area contributed by atoms with Gasteiger partial charge in [0.25, 0.3) is 12.0 Å². The second-order valence-corrected chi connectivity index (χ2v) is 9.28. The molecule has 1 saturated heterocycles. The largest absolute Gasteiger partial charge is 0.486 e. The van der Waals surface area contributed by atoms with Crippen molar-refractivity contribution in [1.29, 1.82) is 10.5 Å². The lowest BCUT2D eigenvalue weighted by Crippen LogP contribution is -2.42. The maximum Gasteiger partial charge on any atom is 0.275 e. The first-order valence-electron chi connectivity index (χ1n) is 12.4. The van der Waals surface area contributed by atoms with Crippen molar-refractivity contribution >= 4 is 27.7 Å². The summed E-state index contributed by atoms with van der Waals surface area (Å²) in [7, 11) is 0. The number of rotatable bonds is 7. The quantitative estimate of drug-likeness (QED) is 0.386. The maximum atomic E-state index is 13.2. The van der Waals surface area contributed by atoms with Gasteiger partial charge < -0.3 is 14.6 Å². The molecule has 1 aliphatic rings. The van der Waals surface area contributed by atoms with Gasteiger partial charge in [0.1, 0.15) is 30.8 Å². The number of H-pyrrole nitrogens is 1. The summed E-state index contributed by atoms with van der Waals surface area (Å²) in [5, 5.41) is 24.1. The van der Waals surface area contributed by atoms with Crippen molar-refractivity contribution in [2.45, 2.75) is 32.2 Å². The summed E-state index contributed by atoms with van der Waals surface area (Å²) in [6, 6.07) is 14.0. The molecule has 2 aromatic heterocycles. The summed E-state index contributed by atoms with van der Waals surface area (Å²) in [5.41, 5.74) is 1.14. The molecule has 1 N–H and O–H groups in total. The van der Waals surface area contributed by atoms with Crippen LogP contribution in [-0.2, 0) is 17.8 Å². The van der Waals surface area contributed by atoms with Crippen LogP contribution in [-0.4, -0.2) is 56.7 Å². The number of carbonyl (C=O) groups is 1. The maximum absolute atomic E-state index is 13.2. The van der Waals surface area contributed by atoms with Crippen molar-refractivity contribution in [3.05, 3.63) is 63.8 Å². The van der Waals surface area contributed by atoms with Gasteiger partial charge >= 0.3 is 0 Å². The fourth-order valence-electron chi connectivity index (χ4n) is 4.72. The Balaban J connectivity index is 1.45. The Morgan fingerprint density at radius 1 is 1.18 bits per heavy atom. The average Bonchev–Trinajstić information content (AvgIpc) is 3.34. The number of aromatic amines is 1. The van der Waals surface area contributed by atoms with Gasteiger partial charge in [-0.25, -0.2) is 18.4 Å². The average molecular weight is 532 g/mol. The molecule has 12 heteroatoms. The Hall–Kier alpha value is -4.84. The third-order valence-electron chi connectivity index (χ3n) is 6.71. The number of carbonyl (C=O) groups excluding carboxylic acids is 1. The zero-order valence-electron chi connectivity index (χ0n) is 20.7. The van der Waals surface area contributed by atoms with Crippen LogP contribution in [0.25, 0.3) is 21.8 Å². The molecule has 2 aromatic carbocycles. The number of piperidine rings is 1. The van der Waals surface area contributed by atoms with Crippen LogP contribution in [0.15, 0.2) is 41.2 Å². The Morgan fingerprint density at radius 3 is 2.62 bits per heavy atom. The van der Waals surface area contributed by atoms with Gasteiger partial charge in [-0.15, -0.1) is 0 Å². The lowest BCUT2D eigenvalue weighted by molar-refractivity contribution is -0.133. The van der Waals surface area contributed by atoms with Gasteiger partial charge in [0.05, 0.1) is 40.2 Å². The van der Waals surface area contributed by atoms with Crippen LogP contribution in [0.3, 0.4) is 0 Å². The van der Waals surface area contributed by atoms with Gasteiger partial charge in [-0.3, -0.25) is 9.59 Å². The summed E-state index contributed by atoms with van der Waals surface area (Å²) in [6.45, 7) is -0.160. The molecule has 0 saturated carbocycles. The number of fused-ring (bicyclic) bond motifs is 2. The number of benzene rings is 2. The summed E-state index contributed by atoms with van der Waals surface area (Å²) in [6.07, 6.45) is -1.32. The molecule has 0 radical (unpaired) electrons. The number of nitrogens with one attached hydrogen (secondary N) is 1. The van der Waals surface area contributed by atoms with Crippen LogP contribution < -0.4 is 10.3 Å². The molecule has 10 nitrogen and oxygen atoms in total. The summed E-state index contributed by atoms with van der Waals surface area (Å²) in [5.74, 6) is 0.166. The van der Waals surface area contributed by atoms with Gasteiger partial charge in [-0.05, 0) is 25.0 Å². The molecule has 0 aliphatic carbocycles. The first-order chi connectivity index (χ1) is 18.9. The Kier molecular flexibility index (Phi) is 7.19. The van der Waals surface area contributed by atoms with E-state index in [1.54, 1.807) is 29.2 Å². The van der Waals surface area contributed by atoms with E-state index in [1.807, 2.05) is 6.07 Å². The standard InChI is InChI=1S/C27H23F2N7O3/c28-24(29)15-39-23-10-22-21(9-17(23)13-31)32-25(33-22)11-20-18-3-1-2-4-19(18)27(38)36(34-20)14-26(37)35-7-5-16(12-30)6-8-35/h1-4,9-10,16,24H,5-8,11,14-15H2,(H,32,33). The first kappa shape index (κ1) is 25.8. The van der Waals surface area contributed by atoms with Gasteiger partial charge in [0.15, 0.2) is 0 Å². The van der Waals surface area contributed by atoms with E-state index in [0.29, 0.717) is 59.3 Å². The zero-order chi connectivity index (χ0) is 27.5. The number of ether oxygens (including phenoxy) is 1. The predicted molar refractivity (Wildman–Crippen MR) is 136 cm³/mol. The highest BCUT2D eigenvalue weighted by Gasteiger charge is 2.24. The number of hydrogen-bond acceptors (Lipinski definition) is 7. The number of imidazole rings is 1. The molecule has 3 heterocycles. The Morgan fingerprint density at radius 2 is 1.92 bits per heavy atom. The molecule has 5 rings (SSSR count). The van der Waals surface area contributed by atoms with E-state index in [4.69, 9.17) is 10.00 Å². The van der Waals surface area contributed by atoms with E-state index < -0.39 is 18.6 Å². The minimum Gasteiger partial charge on any atom is -0.486 e. The van der Waals surface area contributed by atoms with Crippen molar-refractivity contribution in [3.8, 4) is 17.9 Å². The molecule has 1 fully saturated rings. The monoisotopic (exact) mass is 531 g/mol. The second kappa shape index (κ2) is 10.9. The topological polar surface area (TPSA) is 141 Å². The third kappa shape index (κ3) is 5.41. The van der Waals surface area contributed by atoms with Crippen LogP contribution in [0.2, 0.25) is 0 Å².